The van der Waals surface area contributed by atoms with Crippen molar-refractivity contribution in [3.63, 3.8) is 0 Å². The second kappa shape index (κ2) is 7.40. The van der Waals surface area contributed by atoms with Gasteiger partial charge in [-0.25, -0.2) is 4.79 Å². The number of rotatable bonds is 4. The van der Waals surface area contributed by atoms with Crippen molar-refractivity contribution in [3.8, 4) is 11.3 Å². The Balaban J connectivity index is 2.13. The summed E-state index contributed by atoms with van der Waals surface area (Å²) >= 11 is 5.57. The number of carbonyl (C=O) groups excluding carboxylic acids is 1. The number of urea groups is 1. The maximum atomic E-state index is 12.7. The Morgan fingerprint density at radius 3 is 2.60 bits per heavy atom. The molecule has 1 aromatic heterocycles. The maximum absolute atomic E-state index is 12.7. The highest BCUT2D eigenvalue weighted by molar-refractivity contribution is 6.18. The van der Waals surface area contributed by atoms with Crippen molar-refractivity contribution in [2.24, 2.45) is 0 Å². The Hall–Kier alpha value is -2.79. The fraction of sp³-hybridized carbons (Fsp3) is 0.158. The van der Waals surface area contributed by atoms with Crippen molar-refractivity contribution in [2.75, 3.05) is 17.7 Å². The summed E-state index contributed by atoms with van der Waals surface area (Å²) in [5, 5.41) is 5.74. The molecule has 0 aliphatic heterocycles. The molecule has 25 heavy (non-hydrogen) atoms. The van der Waals surface area contributed by atoms with Crippen LogP contribution in [0.15, 0.2) is 57.7 Å². The Kier molecular flexibility index (Phi) is 5.05. The molecule has 0 fully saturated rings. The summed E-state index contributed by atoms with van der Waals surface area (Å²) in [6.07, 6.45) is 0. The predicted octanol–water partition coefficient (Wildman–Crippen LogP) is 4.13. The highest BCUT2D eigenvalue weighted by atomic mass is 35.5. The average Bonchev–Trinajstić information content (AvgIpc) is 2.64. The van der Waals surface area contributed by atoms with Crippen LogP contribution in [0.25, 0.3) is 22.3 Å². The summed E-state index contributed by atoms with van der Waals surface area (Å²) in [6, 6.07) is 14.1. The molecule has 2 aromatic carbocycles. The molecule has 0 aliphatic rings. The lowest BCUT2D eigenvalue weighted by atomic mass is 10.1. The molecule has 0 unspecified atom stereocenters. The molecule has 6 heteroatoms. The second-order valence-corrected chi connectivity index (χ2v) is 5.88. The first kappa shape index (κ1) is 17.0. The topological polar surface area (TPSA) is 71.3 Å². The van der Waals surface area contributed by atoms with Gasteiger partial charge in [0.25, 0.3) is 0 Å². The summed E-state index contributed by atoms with van der Waals surface area (Å²) in [4.78, 5) is 24.6. The van der Waals surface area contributed by atoms with Crippen LogP contribution in [0.4, 0.5) is 10.5 Å². The number of halogens is 1. The van der Waals surface area contributed by atoms with Gasteiger partial charge in [-0.05, 0) is 19.1 Å². The molecule has 0 saturated heterocycles. The van der Waals surface area contributed by atoms with Crippen molar-refractivity contribution in [1.82, 2.24) is 5.32 Å². The fourth-order valence-corrected chi connectivity index (χ4v) is 2.69. The predicted molar refractivity (Wildman–Crippen MR) is 100 cm³/mol. The molecule has 0 spiro atoms. The molecule has 3 rings (SSSR count). The number of carbonyl (C=O) groups is 1. The first-order chi connectivity index (χ1) is 12.1. The minimum Gasteiger partial charge on any atom is -0.453 e. The molecule has 0 bridgehead atoms. The minimum absolute atomic E-state index is 0.120. The van der Waals surface area contributed by atoms with E-state index in [0.717, 1.165) is 5.56 Å². The van der Waals surface area contributed by atoms with E-state index in [1.54, 1.807) is 25.1 Å². The molecule has 0 atom stereocenters. The van der Waals surface area contributed by atoms with Gasteiger partial charge in [-0.2, -0.15) is 0 Å². The zero-order chi connectivity index (χ0) is 17.8. The SMILES string of the molecule is Cc1c(-c2ccccc2)oc2c(NC(=O)NCCCl)cccc2c1=O. The molecular weight excluding hydrogens is 340 g/mol. The van der Waals surface area contributed by atoms with Gasteiger partial charge >= 0.3 is 6.03 Å². The molecule has 5 nitrogen and oxygen atoms in total. The third-order valence-electron chi connectivity index (χ3n) is 3.81. The number of para-hydroxylation sites is 1. The monoisotopic (exact) mass is 356 g/mol. The van der Waals surface area contributed by atoms with Crippen LogP contribution in [0.2, 0.25) is 0 Å². The van der Waals surface area contributed by atoms with Gasteiger partial charge in [-0.15, -0.1) is 11.6 Å². The van der Waals surface area contributed by atoms with Crippen molar-refractivity contribution in [1.29, 1.82) is 0 Å². The summed E-state index contributed by atoms with van der Waals surface area (Å²) < 4.78 is 6.03. The normalized spacial score (nSPS) is 10.6. The standard InChI is InChI=1S/C19H17ClN2O3/c1-12-16(23)14-8-5-9-15(22-19(24)21-11-10-20)18(14)25-17(12)13-6-3-2-4-7-13/h2-9H,10-11H2,1H3,(H2,21,22,24). The summed E-state index contributed by atoms with van der Waals surface area (Å²) in [6.45, 7) is 2.08. The molecule has 0 aliphatic carbocycles. The van der Waals surface area contributed by atoms with E-state index in [1.165, 1.54) is 0 Å². The van der Waals surface area contributed by atoms with Gasteiger partial charge in [0.2, 0.25) is 0 Å². The number of alkyl halides is 1. The molecule has 3 aromatic rings. The second-order valence-electron chi connectivity index (χ2n) is 5.50. The average molecular weight is 357 g/mol. The lowest BCUT2D eigenvalue weighted by molar-refractivity contribution is 0.252. The smallest absolute Gasteiger partial charge is 0.319 e. The van der Waals surface area contributed by atoms with Crippen molar-refractivity contribution >= 4 is 34.3 Å². The van der Waals surface area contributed by atoms with Crippen LogP contribution in [0.5, 0.6) is 0 Å². The Bertz CT molecular complexity index is 968. The summed E-state index contributed by atoms with van der Waals surface area (Å²) in [5.74, 6) is 0.809. The van der Waals surface area contributed by atoms with Crippen LogP contribution in [-0.4, -0.2) is 18.5 Å². The van der Waals surface area contributed by atoms with Gasteiger partial charge in [0.05, 0.1) is 11.1 Å². The van der Waals surface area contributed by atoms with E-state index in [1.807, 2.05) is 30.3 Å². The van der Waals surface area contributed by atoms with E-state index in [-0.39, 0.29) is 5.43 Å². The third-order valence-corrected chi connectivity index (χ3v) is 4.00. The van der Waals surface area contributed by atoms with Gasteiger partial charge in [-0.3, -0.25) is 4.79 Å². The van der Waals surface area contributed by atoms with Gasteiger partial charge in [-0.1, -0.05) is 36.4 Å². The van der Waals surface area contributed by atoms with E-state index in [9.17, 15) is 9.59 Å². The lowest BCUT2D eigenvalue weighted by Crippen LogP contribution is -2.30. The van der Waals surface area contributed by atoms with E-state index < -0.39 is 6.03 Å². The number of hydrogen-bond donors (Lipinski definition) is 2. The number of nitrogens with one attached hydrogen (secondary N) is 2. The molecule has 1 heterocycles. The van der Waals surface area contributed by atoms with Gasteiger partial charge in [0.15, 0.2) is 11.0 Å². The largest absolute Gasteiger partial charge is 0.453 e. The molecule has 2 N–H and O–H groups in total. The molecule has 128 valence electrons. The zero-order valence-electron chi connectivity index (χ0n) is 13.6. The number of benzene rings is 2. The lowest BCUT2D eigenvalue weighted by Gasteiger charge is -2.11. The summed E-state index contributed by atoms with van der Waals surface area (Å²) in [5.41, 5.74) is 1.99. The fourth-order valence-electron chi connectivity index (χ4n) is 2.60. The van der Waals surface area contributed by atoms with E-state index in [0.29, 0.717) is 40.4 Å². The first-order valence-electron chi connectivity index (χ1n) is 7.84. The van der Waals surface area contributed by atoms with E-state index in [2.05, 4.69) is 10.6 Å². The quantitative estimate of drug-likeness (QED) is 0.690. The number of fused-ring (bicyclic) bond motifs is 1. The Morgan fingerprint density at radius 1 is 1.12 bits per heavy atom. The van der Waals surface area contributed by atoms with Crippen LogP contribution in [0.1, 0.15) is 5.56 Å². The molecule has 0 radical (unpaired) electrons. The van der Waals surface area contributed by atoms with Crippen molar-refractivity contribution in [3.05, 3.63) is 64.3 Å². The minimum atomic E-state index is -0.405. The molecule has 2 amide bonds. The zero-order valence-corrected chi connectivity index (χ0v) is 14.4. The van der Waals surface area contributed by atoms with Crippen LogP contribution < -0.4 is 16.1 Å². The first-order valence-corrected chi connectivity index (χ1v) is 8.38. The van der Waals surface area contributed by atoms with Crippen molar-refractivity contribution < 1.29 is 9.21 Å². The molecule has 0 saturated carbocycles. The van der Waals surface area contributed by atoms with Crippen LogP contribution in [-0.2, 0) is 0 Å². The van der Waals surface area contributed by atoms with Crippen molar-refractivity contribution in [2.45, 2.75) is 6.92 Å². The maximum Gasteiger partial charge on any atom is 0.319 e. The van der Waals surface area contributed by atoms with Crippen LogP contribution in [0, 0.1) is 6.92 Å². The Labute approximate surface area is 149 Å². The highest BCUT2D eigenvalue weighted by Crippen LogP contribution is 2.29. The van der Waals surface area contributed by atoms with E-state index in [4.69, 9.17) is 16.0 Å². The molecular formula is C19H17ClN2O3. The highest BCUT2D eigenvalue weighted by Gasteiger charge is 2.15. The summed E-state index contributed by atoms with van der Waals surface area (Å²) in [7, 11) is 0. The van der Waals surface area contributed by atoms with Crippen LogP contribution >= 0.6 is 11.6 Å². The van der Waals surface area contributed by atoms with Gasteiger partial charge < -0.3 is 15.1 Å². The van der Waals surface area contributed by atoms with E-state index >= 15 is 0 Å². The number of amides is 2. The third kappa shape index (κ3) is 3.51. The Morgan fingerprint density at radius 2 is 1.88 bits per heavy atom. The number of anilines is 1. The van der Waals surface area contributed by atoms with Crippen LogP contribution in [0.3, 0.4) is 0 Å². The van der Waals surface area contributed by atoms with Gasteiger partial charge in [0, 0.05) is 23.6 Å². The number of hydrogen-bond acceptors (Lipinski definition) is 3. The van der Waals surface area contributed by atoms with Gasteiger partial charge in [0.1, 0.15) is 5.76 Å².